The van der Waals surface area contributed by atoms with Gasteiger partial charge in [0.15, 0.2) is 0 Å². The molecule has 1 N–H and O–H groups in total. The third-order valence-corrected chi connectivity index (χ3v) is 4.21. The zero-order valence-electron chi connectivity index (χ0n) is 16.1. The monoisotopic (exact) mass is 394 g/mol. The van der Waals surface area contributed by atoms with Gasteiger partial charge < -0.3 is 18.9 Å². The molecule has 0 bridgehead atoms. The third kappa shape index (κ3) is 3.57. The number of ketones is 1. The number of esters is 1. The summed E-state index contributed by atoms with van der Waals surface area (Å²) >= 11 is 0. The lowest BCUT2D eigenvalue weighted by atomic mass is 9.93. The summed E-state index contributed by atoms with van der Waals surface area (Å²) in [7, 11) is 2.54. The van der Waals surface area contributed by atoms with Gasteiger partial charge in [-0.25, -0.2) is 19.8 Å². The number of amides is 2. The van der Waals surface area contributed by atoms with Gasteiger partial charge in [-0.3, -0.25) is 4.79 Å². The van der Waals surface area contributed by atoms with Crippen LogP contribution in [-0.2, 0) is 25.4 Å². The van der Waals surface area contributed by atoms with Crippen molar-refractivity contribution in [3.05, 3.63) is 29.3 Å². The molecule has 1 atom stereocenters. The number of benzene rings is 1. The van der Waals surface area contributed by atoms with Gasteiger partial charge in [-0.2, -0.15) is 5.01 Å². The maximum Gasteiger partial charge on any atom is 0.430 e. The summed E-state index contributed by atoms with van der Waals surface area (Å²) in [5.74, 6) is -1.28. The highest BCUT2D eigenvalue weighted by Crippen LogP contribution is 2.37. The second-order valence-electron chi connectivity index (χ2n) is 5.75. The number of nitrogens with one attached hydrogen (secondary N) is 1. The van der Waals surface area contributed by atoms with Gasteiger partial charge in [0.05, 0.1) is 27.4 Å². The molecule has 0 spiro atoms. The Hall–Kier alpha value is -3.30. The van der Waals surface area contributed by atoms with Crippen molar-refractivity contribution in [3.8, 4) is 5.75 Å². The lowest BCUT2D eigenvalue weighted by Gasteiger charge is -2.35. The topological polar surface area (TPSA) is 120 Å². The summed E-state index contributed by atoms with van der Waals surface area (Å²) in [6.45, 7) is 3.07. The summed E-state index contributed by atoms with van der Waals surface area (Å²) in [6, 6.07) is 4.61. The van der Waals surface area contributed by atoms with Crippen molar-refractivity contribution in [2.75, 3.05) is 27.4 Å². The Labute approximate surface area is 161 Å². The molecule has 2 amide bonds. The molecule has 0 fully saturated rings. The SMILES string of the molecule is CCOC(=O)NN(C(=O)OCC)[C@@]1(C(=O)OC)Cc2cc(OC)ccc2C1=O. The minimum absolute atomic E-state index is 0.0130. The molecule has 1 aliphatic carbocycles. The van der Waals surface area contributed by atoms with Gasteiger partial charge in [-0.05, 0) is 37.6 Å². The Morgan fingerprint density at radius 2 is 1.82 bits per heavy atom. The molecule has 0 radical (unpaired) electrons. The maximum atomic E-state index is 13.2. The van der Waals surface area contributed by atoms with Crippen LogP contribution < -0.4 is 10.2 Å². The number of hydrogen-bond acceptors (Lipinski definition) is 8. The first-order chi connectivity index (χ1) is 13.3. The average Bonchev–Trinajstić information content (AvgIpc) is 2.98. The molecular formula is C18H22N2O8. The third-order valence-electron chi connectivity index (χ3n) is 4.21. The Morgan fingerprint density at radius 1 is 1.14 bits per heavy atom. The number of Topliss-reactive ketones (excluding diaryl/α,β-unsaturated/α-hetero) is 1. The van der Waals surface area contributed by atoms with Gasteiger partial charge >= 0.3 is 18.2 Å². The van der Waals surface area contributed by atoms with Crippen LogP contribution in [0.1, 0.15) is 29.8 Å². The number of methoxy groups -OCH3 is 2. The van der Waals surface area contributed by atoms with Gasteiger partial charge in [-0.15, -0.1) is 0 Å². The molecule has 1 aliphatic rings. The highest BCUT2D eigenvalue weighted by Gasteiger charge is 2.60. The average molecular weight is 394 g/mol. The van der Waals surface area contributed by atoms with E-state index >= 15 is 0 Å². The fourth-order valence-electron chi connectivity index (χ4n) is 2.99. The number of hydrazine groups is 1. The first kappa shape index (κ1) is 21.0. The van der Waals surface area contributed by atoms with Crippen LogP contribution in [0.15, 0.2) is 18.2 Å². The Bertz CT molecular complexity index is 794. The van der Waals surface area contributed by atoms with Gasteiger partial charge in [0.25, 0.3) is 0 Å². The second-order valence-corrected chi connectivity index (χ2v) is 5.75. The molecule has 0 saturated carbocycles. The molecule has 2 rings (SSSR count). The van der Waals surface area contributed by atoms with Crippen LogP contribution >= 0.6 is 0 Å². The van der Waals surface area contributed by atoms with Crippen LogP contribution in [0.5, 0.6) is 5.75 Å². The predicted octanol–water partition coefficient (Wildman–Crippen LogP) is 1.47. The van der Waals surface area contributed by atoms with Crippen molar-refractivity contribution >= 4 is 23.9 Å². The number of rotatable bonds is 5. The Kier molecular flexibility index (Phi) is 6.45. The minimum atomic E-state index is -2.18. The molecule has 10 nitrogen and oxygen atoms in total. The zero-order chi connectivity index (χ0) is 20.9. The summed E-state index contributed by atoms with van der Waals surface area (Å²) in [5, 5.41) is 0.537. The molecule has 0 unspecified atom stereocenters. The fraction of sp³-hybridized carbons (Fsp3) is 0.444. The maximum absolute atomic E-state index is 13.2. The van der Waals surface area contributed by atoms with E-state index in [9.17, 15) is 19.2 Å². The van der Waals surface area contributed by atoms with Gasteiger partial charge in [0.2, 0.25) is 11.3 Å². The van der Waals surface area contributed by atoms with Crippen molar-refractivity contribution in [1.29, 1.82) is 0 Å². The van der Waals surface area contributed by atoms with E-state index in [0.717, 1.165) is 7.11 Å². The van der Waals surface area contributed by atoms with Crippen LogP contribution in [0.2, 0.25) is 0 Å². The standard InChI is InChI=1S/C18H22N2O8/c1-5-27-16(23)19-20(17(24)28-6-2)18(15(22)26-4)10-11-9-12(25-3)7-8-13(11)14(18)21/h7-9H,5-6,10H2,1-4H3,(H,19,23)/t18-/m0/s1. The van der Waals surface area contributed by atoms with Crippen molar-refractivity contribution in [2.24, 2.45) is 0 Å². The molecule has 0 aliphatic heterocycles. The lowest BCUT2D eigenvalue weighted by Crippen LogP contribution is -2.67. The number of fused-ring (bicyclic) bond motifs is 1. The van der Waals surface area contributed by atoms with Crippen LogP contribution in [0.3, 0.4) is 0 Å². The molecule has 0 saturated heterocycles. The van der Waals surface area contributed by atoms with Gasteiger partial charge in [0, 0.05) is 12.0 Å². The number of hydrogen-bond donors (Lipinski definition) is 1. The quantitative estimate of drug-likeness (QED) is 0.345. The van der Waals surface area contributed by atoms with E-state index in [-0.39, 0.29) is 25.2 Å². The normalized spacial score (nSPS) is 17.4. The highest BCUT2D eigenvalue weighted by molar-refractivity contribution is 6.21. The van der Waals surface area contributed by atoms with Crippen LogP contribution in [0, 0.1) is 0 Å². The van der Waals surface area contributed by atoms with E-state index in [1.165, 1.54) is 13.2 Å². The molecule has 10 heteroatoms. The Morgan fingerprint density at radius 3 is 2.39 bits per heavy atom. The number of nitrogens with zero attached hydrogens (tertiary/aromatic N) is 1. The number of ether oxygens (including phenoxy) is 4. The van der Waals surface area contributed by atoms with E-state index in [1.54, 1.807) is 26.0 Å². The molecule has 1 aromatic rings. The summed E-state index contributed by atoms with van der Waals surface area (Å²) in [4.78, 5) is 50.5. The zero-order valence-corrected chi connectivity index (χ0v) is 16.1. The minimum Gasteiger partial charge on any atom is -0.497 e. The first-order valence-electron chi connectivity index (χ1n) is 8.56. The van der Waals surface area contributed by atoms with Crippen LogP contribution in [0.4, 0.5) is 9.59 Å². The summed E-state index contributed by atoms with van der Waals surface area (Å²) in [5.41, 5.74) is 0.615. The molecule has 0 heterocycles. The predicted molar refractivity (Wildman–Crippen MR) is 94.8 cm³/mol. The van der Waals surface area contributed by atoms with Crippen LogP contribution in [-0.4, -0.2) is 61.9 Å². The molecule has 28 heavy (non-hydrogen) atoms. The van der Waals surface area contributed by atoms with E-state index in [1.807, 2.05) is 0 Å². The van der Waals surface area contributed by atoms with Crippen molar-refractivity contribution in [1.82, 2.24) is 10.4 Å². The van der Waals surface area contributed by atoms with E-state index in [2.05, 4.69) is 5.43 Å². The van der Waals surface area contributed by atoms with Crippen molar-refractivity contribution < 1.29 is 38.1 Å². The van der Waals surface area contributed by atoms with Gasteiger partial charge in [0.1, 0.15) is 5.75 Å². The molecule has 0 aromatic heterocycles. The second kappa shape index (κ2) is 8.59. The van der Waals surface area contributed by atoms with Crippen LogP contribution in [0.25, 0.3) is 0 Å². The van der Waals surface area contributed by atoms with Gasteiger partial charge in [-0.1, -0.05) is 0 Å². The van der Waals surface area contributed by atoms with Crippen molar-refractivity contribution in [3.63, 3.8) is 0 Å². The fourth-order valence-corrected chi connectivity index (χ4v) is 2.99. The highest BCUT2D eigenvalue weighted by atomic mass is 16.6. The summed E-state index contributed by atoms with van der Waals surface area (Å²) in [6.07, 6.45) is -2.37. The number of carbonyl (C=O) groups excluding carboxylic acids is 4. The van der Waals surface area contributed by atoms with Crippen molar-refractivity contribution in [2.45, 2.75) is 25.8 Å². The smallest absolute Gasteiger partial charge is 0.430 e. The molecule has 1 aromatic carbocycles. The summed E-state index contributed by atoms with van der Waals surface area (Å²) < 4.78 is 19.7. The van der Waals surface area contributed by atoms with E-state index < -0.39 is 29.5 Å². The molecular weight excluding hydrogens is 372 g/mol. The molecule has 152 valence electrons. The first-order valence-corrected chi connectivity index (χ1v) is 8.56. The van der Waals surface area contributed by atoms with E-state index in [0.29, 0.717) is 16.3 Å². The number of carbonyl (C=O) groups is 4. The Balaban J connectivity index is 2.58. The lowest BCUT2D eigenvalue weighted by molar-refractivity contribution is -0.152. The van der Waals surface area contributed by atoms with E-state index in [4.69, 9.17) is 18.9 Å². The largest absolute Gasteiger partial charge is 0.497 e.